The van der Waals surface area contributed by atoms with E-state index in [0.29, 0.717) is 4.47 Å². The number of hydrogen-bond acceptors (Lipinski definition) is 4. The fourth-order valence-corrected chi connectivity index (χ4v) is 2.26. The Kier molecular flexibility index (Phi) is 5.06. The molecule has 0 N–H and O–H groups in total. The van der Waals surface area contributed by atoms with Crippen LogP contribution in [-0.2, 0) is 0 Å². The monoisotopic (exact) mass is 409 g/mol. The van der Waals surface area contributed by atoms with E-state index in [-0.39, 0.29) is 22.1 Å². The van der Waals surface area contributed by atoms with Gasteiger partial charge in [-0.25, -0.2) is 0 Å². The van der Waals surface area contributed by atoms with Crippen molar-refractivity contribution in [3.05, 3.63) is 51.5 Å². The Bertz CT molecular complexity index is 749. The van der Waals surface area contributed by atoms with E-state index in [1.807, 2.05) is 0 Å². The summed E-state index contributed by atoms with van der Waals surface area (Å²) in [5.41, 5.74) is -0.0591. The van der Waals surface area contributed by atoms with E-state index in [2.05, 4.69) is 20.7 Å². The van der Waals surface area contributed by atoms with E-state index in [9.17, 15) is 23.1 Å². The van der Waals surface area contributed by atoms with Crippen molar-refractivity contribution in [2.75, 3.05) is 0 Å². The van der Waals surface area contributed by atoms with Gasteiger partial charge in [-0.2, -0.15) is 0 Å². The average Bonchev–Trinajstić information content (AvgIpc) is 2.42. The molecule has 4 nitrogen and oxygen atoms in total. The standard InChI is InChI=1S/C14H7BrClF3O4/c15-9-5-7(13(20)21)1-3-11(9)22-8-2-4-12(10(16)6-8)23-14(17,18)19/h1-6H,(H,20,21)/p-1. The second-order valence-corrected chi connectivity index (χ2v) is 5.44. The van der Waals surface area contributed by atoms with E-state index in [4.69, 9.17) is 16.3 Å². The molecule has 2 aromatic carbocycles. The number of carbonyl (C=O) groups excluding carboxylic acids is 1. The number of ether oxygens (including phenoxy) is 2. The van der Waals surface area contributed by atoms with E-state index in [1.165, 1.54) is 24.3 Å². The van der Waals surface area contributed by atoms with Crippen molar-refractivity contribution in [3.63, 3.8) is 0 Å². The molecule has 0 heterocycles. The van der Waals surface area contributed by atoms with Crippen LogP contribution in [0.3, 0.4) is 0 Å². The highest BCUT2D eigenvalue weighted by atomic mass is 79.9. The maximum atomic E-state index is 12.2. The summed E-state index contributed by atoms with van der Waals surface area (Å²) < 4.78 is 45.9. The fraction of sp³-hybridized carbons (Fsp3) is 0.0714. The minimum absolute atomic E-state index is 0.0591. The molecule has 122 valence electrons. The van der Waals surface area contributed by atoms with Crippen LogP contribution in [0.5, 0.6) is 17.2 Å². The SMILES string of the molecule is O=C([O-])c1ccc(Oc2ccc(OC(F)(F)F)c(Cl)c2)c(Br)c1. The topological polar surface area (TPSA) is 58.6 Å². The molecule has 2 aromatic rings. The van der Waals surface area contributed by atoms with E-state index >= 15 is 0 Å². The molecule has 0 radical (unpaired) electrons. The minimum Gasteiger partial charge on any atom is -0.545 e. The molecule has 0 aromatic heterocycles. The summed E-state index contributed by atoms with van der Waals surface area (Å²) in [5, 5.41) is 10.4. The molecule has 0 unspecified atom stereocenters. The molecule has 0 saturated heterocycles. The lowest BCUT2D eigenvalue weighted by Gasteiger charge is -2.13. The smallest absolute Gasteiger partial charge is 0.545 e. The number of hydrogen-bond donors (Lipinski definition) is 0. The van der Waals surface area contributed by atoms with Gasteiger partial charge >= 0.3 is 6.36 Å². The number of carboxylic acid groups (broad SMARTS) is 1. The highest BCUT2D eigenvalue weighted by Gasteiger charge is 2.32. The summed E-state index contributed by atoms with van der Waals surface area (Å²) in [7, 11) is 0. The van der Waals surface area contributed by atoms with Gasteiger partial charge in [-0.15, -0.1) is 13.2 Å². The van der Waals surface area contributed by atoms with Gasteiger partial charge in [-0.3, -0.25) is 0 Å². The molecule has 0 aliphatic heterocycles. The summed E-state index contributed by atoms with van der Waals surface area (Å²) >= 11 is 8.83. The quantitative estimate of drug-likeness (QED) is 0.760. The molecule has 0 aliphatic carbocycles. The van der Waals surface area contributed by atoms with Crippen molar-refractivity contribution >= 4 is 33.5 Å². The first-order valence-electron chi connectivity index (χ1n) is 5.90. The highest BCUT2D eigenvalue weighted by Crippen LogP contribution is 2.36. The number of alkyl halides is 3. The van der Waals surface area contributed by atoms with Gasteiger partial charge in [-0.05, 0) is 51.8 Å². The normalized spacial score (nSPS) is 11.2. The number of carbonyl (C=O) groups is 1. The molecule has 2 rings (SSSR count). The molecule has 0 saturated carbocycles. The summed E-state index contributed by atoms with van der Waals surface area (Å²) in [5.74, 6) is -1.52. The van der Waals surface area contributed by atoms with Gasteiger partial charge in [-0.1, -0.05) is 11.6 Å². The van der Waals surface area contributed by atoms with E-state index < -0.39 is 18.1 Å². The minimum atomic E-state index is -4.85. The second kappa shape index (κ2) is 6.67. The van der Waals surface area contributed by atoms with Gasteiger partial charge in [0.1, 0.15) is 17.2 Å². The zero-order valence-corrected chi connectivity index (χ0v) is 13.3. The van der Waals surface area contributed by atoms with Crippen molar-refractivity contribution < 1.29 is 32.5 Å². The Morgan fingerprint density at radius 3 is 2.30 bits per heavy atom. The molecule has 0 amide bonds. The van der Waals surface area contributed by atoms with E-state index in [0.717, 1.165) is 12.1 Å². The van der Waals surface area contributed by atoms with Gasteiger partial charge in [0, 0.05) is 6.07 Å². The Hall–Kier alpha value is -1.93. The lowest BCUT2D eigenvalue weighted by Crippen LogP contribution is -2.22. The van der Waals surface area contributed by atoms with Crippen molar-refractivity contribution in [2.24, 2.45) is 0 Å². The summed E-state index contributed by atoms with van der Waals surface area (Å²) in [6.07, 6.45) is -4.85. The third-order valence-electron chi connectivity index (χ3n) is 2.52. The van der Waals surface area contributed by atoms with Crippen LogP contribution < -0.4 is 14.6 Å². The molecular weight excluding hydrogens is 405 g/mol. The third kappa shape index (κ3) is 4.77. The number of carboxylic acids is 1. The molecule has 0 aliphatic rings. The number of halogens is 5. The fourth-order valence-electron chi connectivity index (χ4n) is 1.59. The lowest BCUT2D eigenvalue weighted by atomic mass is 10.2. The van der Waals surface area contributed by atoms with Gasteiger partial charge in [0.15, 0.2) is 0 Å². The van der Waals surface area contributed by atoms with Crippen LogP contribution in [0.25, 0.3) is 0 Å². The maximum Gasteiger partial charge on any atom is 0.573 e. The average molecular weight is 411 g/mol. The number of rotatable bonds is 4. The predicted molar refractivity (Wildman–Crippen MR) is 76.7 cm³/mol. The van der Waals surface area contributed by atoms with Gasteiger partial charge < -0.3 is 19.4 Å². The van der Waals surface area contributed by atoms with E-state index in [1.54, 1.807) is 0 Å². The lowest BCUT2D eigenvalue weighted by molar-refractivity contribution is -0.274. The zero-order valence-electron chi connectivity index (χ0n) is 11.0. The Labute approximate surface area is 141 Å². The highest BCUT2D eigenvalue weighted by molar-refractivity contribution is 9.10. The number of aromatic carboxylic acids is 1. The molecule has 9 heteroatoms. The molecule has 0 spiro atoms. The zero-order chi connectivity index (χ0) is 17.2. The maximum absolute atomic E-state index is 12.2. The van der Waals surface area contributed by atoms with Gasteiger partial charge in [0.05, 0.1) is 15.5 Å². The summed E-state index contributed by atoms with van der Waals surface area (Å²) in [6, 6.07) is 7.28. The van der Waals surface area contributed by atoms with Crippen LogP contribution in [-0.4, -0.2) is 12.3 Å². The first kappa shape index (κ1) is 17.4. The summed E-state index contributed by atoms with van der Waals surface area (Å²) in [4.78, 5) is 10.7. The van der Waals surface area contributed by atoms with Crippen LogP contribution in [0.2, 0.25) is 5.02 Å². The first-order valence-corrected chi connectivity index (χ1v) is 7.07. The summed E-state index contributed by atoms with van der Waals surface area (Å²) in [6.45, 7) is 0. The van der Waals surface area contributed by atoms with Gasteiger partial charge in [0.25, 0.3) is 0 Å². The Morgan fingerprint density at radius 2 is 1.78 bits per heavy atom. The first-order chi connectivity index (χ1) is 10.7. The molecule has 0 fully saturated rings. The van der Waals surface area contributed by atoms with Crippen molar-refractivity contribution in [3.8, 4) is 17.2 Å². The predicted octanol–water partition coefficient (Wildman–Crippen LogP) is 4.16. The van der Waals surface area contributed by atoms with Crippen molar-refractivity contribution in [1.29, 1.82) is 0 Å². The number of benzene rings is 2. The van der Waals surface area contributed by atoms with Crippen LogP contribution in [0, 0.1) is 0 Å². The largest absolute Gasteiger partial charge is 0.573 e. The molecule has 23 heavy (non-hydrogen) atoms. The van der Waals surface area contributed by atoms with Crippen molar-refractivity contribution in [2.45, 2.75) is 6.36 Å². The van der Waals surface area contributed by atoms with Crippen LogP contribution in [0.1, 0.15) is 10.4 Å². The van der Waals surface area contributed by atoms with Crippen molar-refractivity contribution in [1.82, 2.24) is 0 Å². The molecule has 0 atom stereocenters. The van der Waals surface area contributed by atoms with Crippen LogP contribution in [0.4, 0.5) is 13.2 Å². The molecule has 0 bridgehead atoms. The third-order valence-corrected chi connectivity index (χ3v) is 3.44. The Balaban J connectivity index is 2.21. The molecular formula is C14H6BrClF3O4-. The van der Waals surface area contributed by atoms with Crippen LogP contribution in [0.15, 0.2) is 40.9 Å². The van der Waals surface area contributed by atoms with Gasteiger partial charge in [0.2, 0.25) is 0 Å². The van der Waals surface area contributed by atoms with Crippen LogP contribution >= 0.6 is 27.5 Å². The Morgan fingerprint density at radius 1 is 1.13 bits per heavy atom. The second-order valence-electron chi connectivity index (χ2n) is 4.17.